The van der Waals surface area contributed by atoms with Crippen molar-refractivity contribution in [2.24, 2.45) is 4.99 Å². The summed E-state index contributed by atoms with van der Waals surface area (Å²) in [6, 6.07) is 0. The molecule has 0 saturated heterocycles. The number of carbonyl (C=O) groups is 1. The minimum Gasteiger partial charge on any atom is -0.442 e. The fourth-order valence-electron chi connectivity index (χ4n) is 1.02. The van der Waals surface area contributed by atoms with Gasteiger partial charge in [-0.25, -0.2) is 14.3 Å². The number of carbonyl (C=O) groups excluding carboxylic acids is 1. The molecule has 0 spiro atoms. The van der Waals surface area contributed by atoms with Crippen molar-refractivity contribution >= 4 is 11.8 Å². The van der Waals surface area contributed by atoms with Gasteiger partial charge in [-0.1, -0.05) is 12.7 Å². The number of hydrogen-bond acceptors (Lipinski definition) is 4. The Morgan fingerprint density at radius 2 is 2.50 bits per heavy atom. The molecule has 0 unspecified atom stereocenters. The Balaban J connectivity index is 2.53. The zero-order chi connectivity index (χ0) is 11.8. The van der Waals surface area contributed by atoms with E-state index < -0.39 is 6.09 Å². The van der Waals surface area contributed by atoms with Gasteiger partial charge in [-0.3, -0.25) is 4.99 Å². The summed E-state index contributed by atoms with van der Waals surface area (Å²) in [5, 5.41) is 0. The zero-order valence-electron chi connectivity index (χ0n) is 9.04. The van der Waals surface area contributed by atoms with Crippen LogP contribution in [0.25, 0.3) is 0 Å². The molecule has 1 heterocycles. The molecule has 0 aliphatic carbocycles. The topological polar surface area (TPSA) is 56.5 Å². The highest BCUT2D eigenvalue weighted by molar-refractivity contribution is 5.97. The van der Waals surface area contributed by atoms with E-state index in [-0.39, 0.29) is 6.61 Å². The third-order valence-electron chi connectivity index (χ3n) is 1.67. The van der Waals surface area contributed by atoms with Gasteiger partial charge in [0.1, 0.15) is 12.9 Å². The highest BCUT2D eigenvalue weighted by atomic mass is 16.5. The number of aromatic nitrogens is 2. The normalized spacial score (nSPS) is 11.7. The van der Waals surface area contributed by atoms with E-state index in [1.165, 1.54) is 29.5 Å². The van der Waals surface area contributed by atoms with Gasteiger partial charge < -0.3 is 4.74 Å². The zero-order valence-corrected chi connectivity index (χ0v) is 9.04. The summed E-state index contributed by atoms with van der Waals surface area (Å²) in [6.07, 6.45) is 8.88. The van der Waals surface area contributed by atoms with Crippen LogP contribution in [-0.4, -0.2) is 28.0 Å². The average molecular weight is 219 g/mol. The molecule has 0 aromatic carbocycles. The Labute approximate surface area is 93.8 Å². The van der Waals surface area contributed by atoms with E-state index in [9.17, 15) is 4.79 Å². The molecular formula is C11H13N3O2. The molecule has 0 radical (unpaired) electrons. The molecule has 1 aromatic rings. The summed E-state index contributed by atoms with van der Waals surface area (Å²) >= 11 is 0. The summed E-state index contributed by atoms with van der Waals surface area (Å²) in [4.78, 5) is 19.1. The molecule has 84 valence electrons. The van der Waals surface area contributed by atoms with Crippen LogP contribution in [0.3, 0.4) is 0 Å². The first kappa shape index (κ1) is 11.9. The van der Waals surface area contributed by atoms with Gasteiger partial charge in [-0.2, -0.15) is 0 Å². The lowest BCUT2D eigenvalue weighted by Crippen LogP contribution is -2.16. The van der Waals surface area contributed by atoms with Crippen LogP contribution in [0.15, 0.2) is 48.6 Å². The van der Waals surface area contributed by atoms with E-state index in [1.54, 1.807) is 6.08 Å². The molecule has 5 heteroatoms. The first-order chi connectivity index (χ1) is 7.77. The van der Waals surface area contributed by atoms with E-state index >= 15 is 0 Å². The second-order valence-electron chi connectivity index (χ2n) is 2.83. The lowest BCUT2D eigenvalue weighted by atomic mass is 10.3. The van der Waals surface area contributed by atoms with E-state index in [0.717, 1.165) is 0 Å². The summed E-state index contributed by atoms with van der Waals surface area (Å²) in [5.41, 5.74) is 0.631. The van der Waals surface area contributed by atoms with Crippen LogP contribution in [0.2, 0.25) is 0 Å². The van der Waals surface area contributed by atoms with Gasteiger partial charge in [-0.05, 0) is 13.0 Å². The molecule has 0 atom stereocenters. The minimum absolute atomic E-state index is 0.105. The van der Waals surface area contributed by atoms with Crippen LogP contribution in [0.1, 0.15) is 6.92 Å². The number of aliphatic imine (C=N–C) groups is 1. The molecule has 5 nitrogen and oxygen atoms in total. The van der Waals surface area contributed by atoms with Gasteiger partial charge in [0.25, 0.3) is 0 Å². The first-order valence-corrected chi connectivity index (χ1v) is 4.73. The van der Waals surface area contributed by atoms with Crippen LogP contribution >= 0.6 is 0 Å². The molecule has 0 fully saturated rings. The number of nitrogens with zero attached hydrogens (tertiary/aromatic N) is 3. The van der Waals surface area contributed by atoms with Gasteiger partial charge in [0.2, 0.25) is 0 Å². The molecule has 0 saturated carbocycles. The van der Waals surface area contributed by atoms with Gasteiger partial charge in [-0.15, -0.1) is 0 Å². The monoisotopic (exact) mass is 219 g/mol. The van der Waals surface area contributed by atoms with Crippen molar-refractivity contribution in [3.05, 3.63) is 43.7 Å². The summed E-state index contributed by atoms with van der Waals surface area (Å²) < 4.78 is 6.26. The predicted octanol–water partition coefficient (Wildman–Crippen LogP) is 2.03. The van der Waals surface area contributed by atoms with Crippen LogP contribution in [0.4, 0.5) is 4.79 Å². The Hall–Kier alpha value is -2.17. The fourth-order valence-corrected chi connectivity index (χ4v) is 1.02. The highest BCUT2D eigenvalue weighted by Gasteiger charge is 2.05. The Morgan fingerprint density at radius 3 is 3.06 bits per heavy atom. The molecule has 0 aliphatic rings. The Morgan fingerprint density at radius 1 is 1.69 bits per heavy atom. The van der Waals surface area contributed by atoms with Crippen molar-refractivity contribution in [1.82, 2.24) is 9.55 Å². The number of imidazole rings is 1. The highest BCUT2D eigenvalue weighted by Crippen LogP contribution is 1.92. The van der Waals surface area contributed by atoms with E-state index in [1.807, 2.05) is 13.0 Å². The molecule has 0 amide bonds. The number of hydrogen-bond donors (Lipinski definition) is 0. The van der Waals surface area contributed by atoms with Gasteiger partial charge in [0.15, 0.2) is 0 Å². The molecule has 0 bridgehead atoms. The summed E-state index contributed by atoms with van der Waals surface area (Å²) in [6.45, 7) is 5.44. The third-order valence-corrected chi connectivity index (χ3v) is 1.67. The Kier molecular flexibility index (Phi) is 4.72. The molecular weight excluding hydrogens is 206 g/mol. The van der Waals surface area contributed by atoms with Crippen LogP contribution in [-0.2, 0) is 4.74 Å². The van der Waals surface area contributed by atoms with Crippen molar-refractivity contribution in [3.63, 3.8) is 0 Å². The maximum Gasteiger partial charge on any atom is 0.419 e. The lowest BCUT2D eigenvalue weighted by Gasteiger charge is -2.03. The molecule has 1 aromatic heterocycles. The van der Waals surface area contributed by atoms with Crippen molar-refractivity contribution in [3.8, 4) is 0 Å². The standard InChI is InChI=1S/C11H13N3O2/c1-3-5-10(13-4-2)8-16-11(15)14-7-6-12-9-14/h3-7,9H,2,8H2,1H3/b5-3-,13-10?. The van der Waals surface area contributed by atoms with Crippen LogP contribution < -0.4 is 0 Å². The number of allylic oxidation sites excluding steroid dienone is 1. The van der Waals surface area contributed by atoms with Crippen molar-refractivity contribution in [2.45, 2.75) is 6.92 Å². The fraction of sp³-hybridized carbons (Fsp3) is 0.182. The molecule has 1 rings (SSSR count). The Bertz CT molecular complexity index is 405. The average Bonchev–Trinajstić information content (AvgIpc) is 2.79. The largest absolute Gasteiger partial charge is 0.442 e. The molecule has 0 aliphatic heterocycles. The van der Waals surface area contributed by atoms with Crippen molar-refractivity contribution in [2.75, 3.05) is 6.61 Å². The molecule has 16 heavy (non-hydrogen) atoms. The SMILES string of the molecule is C=CN=C(/C=C\C)COC(=O)n1ccnc1. The molecule has 0 N–H and O–H groups in total. The van der Waals surface area contributed by atoms with Gasteiger partial charge >= 0.3 is 6.09 Å². The second-order valence-corrected chi connectivity index (χ2v) is 2.83. The smallest absolute Gasteiger partial charge is 0.419 e. The number of ether oxygens (including phenoxy) is 1. The maximum atomic E-state index is 11.4. The maximum absolute atomic E-state index is 11.4. The second kappa shape index (κ2) is 6.34. The van der Waals surface area contributed by atoms with Gasteiger partial charge in [0, 0.05) is 18.6 Å². The predicted molar refractivity (Wildman–Crippen MR) is 61.4 cm³/mol. The van der Waals surface area contributed by atoms with Crippen LogP contribution in [0, 0.1) is 0 Å². The quantitative estimate of drug-likeness (QED) is 0.728. The van der Waals surface area contributed by atoms with Crippen molar-refractivity contribution in [1.29, 1.82) is 0 Å². The first-order valence-electron chi connectivity index (χ1n) is 4.73. The lowest BCUT2D eigenvalue weighted by molar-refractivity contribution is 0.163. The summed E-state index contributed by atoms with van der Waals surface area (Å²) in [5.74, 6) is 0. The van der Waals surface area contributed by atoms with E-state index in [0.29, 0.717) is 5.71 Å². The summed E-state index contributed by atoms with van der Waals surface area (Å²) in [7, 11) is 0. The van der Waals surface area contributed by atoms with Gasteiger partial charge in [0.05, 0.1) is 5.71 Å². The van der Waals surface area contributed by atoms with E-state index in [2.05, 4.69) is 16.6 Å². The van der Waals surface area contributed by atoms with E-state index in [4.69, 9.17) is 4.74 Å². The third kappa shape index (κ3) is 3.53. The minimum atomic E-state index is -0.487. The van der Waals surface area contributed by atoms with Crippen molar-refractivity contribution < 1.29 is 9.53 Å². The number of rotatable bonds is 4. The van der Waals surface area contributed by atoms with Crippen LogP contribution in [0.5, 0.6) is 0 Å².